The first kappa shape index (κ1) is 29.9. The topological polar surface area (TPSA) is 168 Å². The Bertz CT molecular complexity index is 1660. The average Bonchev–Trinajstić information content (AvgIpc) is 3.38. The third-order valence-electron chi connectivity index (χ3n) is 7.23. The minimum atomic E-state index is -3.04. The van der Waals surface area contributed by atoms with Crippen LogP contribution < -0.4 is 21.1 Å². The van der Waals surface area contributed by atoms with Gasteiger partial charge in [0.1, 0.15) is 23.8 Å². The van der Waals surface area contributed by atoms with Crippen LogP contribution in [0.5, 0.6) is 5.75 Å². The van der Waals surface area contributed by atoms with Gasteiger partial charge < -0.3 is 35.5 Å². The number of esters is 1. The van der Waals surface area contributed by atoms with E-state index in [-0.39, 0.29) is 36.6 Å². The van der Waals surface area contributed by atoms with Gasteiger partial charge in [-0.3, -0.25) is 9.78 Å². The summed E-state index contributed by atoms with van der Waals surface area (Å²) in [6.45, 7) is 0.942. The first-order chi connectivity index (χ1) is 20.5. The summed E-state index contributed by atoms with van der Waals surface area (Å²) in [5.74, 6) is -2.74. The predicted molar refractivity (Wildman–Crippen MR) is 146 cm³/mol. The smallest absolute Gasteiger partial charge is 0.305 e. The number of carbonyl (C=O) groups is 1. The van der Waals surface area contributed by atoms with Gasteiger partial charge in [0.2, 0.25) is 6.79 Å². The maximum absolute atomic E-state index is 15.2. The second-order valence-electron chi connectivity index (χ2n) is 10.2. The van der Waals surface area contributed by atoms with E-state index in [0.29, 0.717) is 35.4 Å². The molecule has 5 rings (SSSR count). The molecule has 5 N–H and O–H groups in total. The fourth-order valence-electron chi connectivity index (χ4n) is 5.07. The van der Waals surface area contributed by atoms with Gasteiger partial charge in [0.15, 0.2) is 23.0 Å². The van der Waals surface area contributed by atoms with Gasteiger partial charge in [-0.1, -0.05) is 0 Å². The number of pyridine rings is 1. The van der Waals surface area contributed by atoms with Crippen molar-refractivity contribution in [1.82, 2.24) is 24.5 Å². The molecule has 1 fully saturated rings. The summed E-state index contributed by atoms with van der Waals surface area (Å²) in [6, 6.07) is 3.24. The number of piperidine rings is 1. The van der Waals surface area contributed by atoms with Crippen LogP contribution in [0.3, 0.4) is 0 Å². The van der Waals surface area contributed by atoms with Crippen LogP contribution in [0.15, 0.2) is 37.1 Å². The molecule has 0 spiro atoms. The summed E-state index contributed by atoms with van der Waals surface area (Å²) in [5.41, 5.74) is 12.2. The Morgan fingerprint density at radius 2 is 1.95 bits per heavy atom. The number of hydrogen-bond donors (Lipinski definition) is 3. The highest BCUT2D eigenvalue weighted by atomic mass is 19.3. The molecule has 12 nitrogen and oxygen atoms in total. The van der Waals surface area contributed by atoms with Gasteiger partial charge in [-0.25, -0.2) is 32.5 Å². The monoisotopic (exact) mass is 604 g/mol. The van der Waals surface area contributed by atoms with Crippen LogP contribution in [0, 0.1) is 11.6 Å². The lowest BCUT2D eigenvalue weighted by Crippen LogP contribution is -2.63. The van der Waals surface area contributed by atoms with Gasteiger partial charge >= 0.3 is 5.97 Å². The number of alkyl halides is 2. The minimum absolute atomic E-state index is 0.0592. The molecule has 3 aromatic heterocycles. The molecule has 1 aliphatic rings. The van der Waals surface area contributed by atoms with Crippen LogP contribution in [0.4, 0.5) is 29.1 Å². The number of rotatable bonds is 9. The number of carbonyl (C=O) groups excluding carboxylic acids is 1. The highest BCUT2D eigenvalue weighted by molar-refractivity contribution is 5.81. The standard InChI is InChI=1S/C27H28F4N8O4/c1-14(40)42-13-43-21-7-17(28)16(6-18(21)29)19-5-15(9-39-12-37-22-25(32)35-11-36-26(22)39)20(8-34-19)38-4-2-3-27(33,10-38)23(41)24(30)31/h5-8,11-12,23-24,41H,2-4,9-10,13,33H2,1H3,(H2,32,35,36)/t23-,27-/m1/s1. The number of nitrogen functional groups attached to an aromatic ring is 1. The lowest BCUT2D eigenvalue weighted by atomic mass is 9.84. The number of benzene rings is 1. The summed E-state index contributed by atoms with van der Waals surface area (Å²) in [4.78, 5) is 29.5. The second-order valence-corrected chi connectivity index (χ2v) is 10.2. The Hall–Kier alpha value is -4.57. The van der Waals surface area contributed by atoms with Crippen LogP contribution in [0.1, 0.15) is 25.3 Å². The molecule has 43 heavy (non-hydrogen) atoms. The quantitative estimate of drug-likeness (QED) is 0.146. The van der Waals surface area contributed by atoms with Gasteiger partial charge in [-0.15, -0.1) is 0 Å². The number of aliphatic hydroxyl groups is 1. The van der Waals surface area contributed by atoms with E-state index in [1.165, 1.54) is 24.9 Å². The molecule has 1 saturated heterocycles. The summed E-state index contributed by atoms with van der Waals surface area (Å²) in [5, 5.41) is 10.2. The van der Waals surface area contributed by atoms with Crippen molar-refractivity contribution >= 4 is 28.6 Å². The lowest BCUT2D eigenvalue weighted by molar-refractivity contribution is -0.147. The Kier molecular flexibility index (Phi) is 8.32. The molecule has 1 aromatic carbocycles. The maximum atomic E-state index is 15.2. The number of halogens is 4. The molecule has 0 saturated carbocycles. The number of imidazole rings is 1. The molecule has 0 amide bonds. The van der Waals surface area contributed by atoms with E-state index in [1.54, 1.807) is 9.47 Å². The van der Waals surface area contributed by atoms with E-state index in [4.69, 9.17) is 16.2 Å². The Balaban J connectivity index is 1.55. The van der Waals surface area contributed by atoms with E-state index < -0.39 is 48.2 Å². The van der Waals surface area contributed by atoms with E-state index >= 15 is 4.39 Å². The van der Waals surface area contributed by atoms with Crippen molar-refractivity contribution in [3.63, 3.8) is 0 Å². The lowest BCUT2D eigenvalue weighted by Gasteiger charge is -2.44. The third kappa shape index (κ3) is 6.15. The molecule has 228 valence electrons. The Labute approximate surface area is 242 Å². The number of nitrogens with two attached hydrogens (primary N) is 2. The van der Waals surface area contributed by atoms with Crippen molar-refractivity contribution < 1.29 is 36.9 Å². The Morgan fingerprint density at radius 1 is 1.16 bits per heavy atom. The SMILES string of the molecule is CC(=O)OCOc1cc(F)c(-c2cc(Cn3cnc4c(N)ncnc43)c(N3CCC[C@](N)([C@H](O)C(F)F)C3)cn2)cc1F. The molecule has 2 atom stereocenters. The van der Waals surface area contributed by atoms with Gasteiger partial charge in [0.05, 0.1) is 36.0 Å². The zero-order valence-electron chi connectivity index (χ0n) is 22.9. The Morgan fingerprint density at radius 3 is 2.70 bits per heavy atom. The highest BCUT2D eigenvalue weighted by Crippen LogP contribution is 2.35. The number of ether oxygens (including phenoxy) is 2. The summed E-state index contributed by atoms with van der Waals surface area (Å²) >= 11 is 0. The molecule has 1 aliphatic heterocycles. The fraction of sp³-hybridized carbons (Fsp3) is 0.370. The summed E-state index contributed by atoms with van der Waals surface area (Å²) < 4.78 is 68.3. The number of hydrogen-bond acceptors (Lipinski definition) is 11. The highest BCUT2D eigenvalue weighted by Gasteiger charge is 2.43. The van der Waals surface area contributed by atoms with Crippen molar-refractivity contribution in [1.29, 1.82) is 0 Å². The van der Waals surface area contributed by atoms with Crippen LogP contribution in [0.25, 0.3) is 22.4 Å². The van der Waals surface area contributed by atoms with E-state index in [1.807, 2.05) is 0 Å². The maximum Gasteiger partial charge on any atom is 0.305 e. The number of anilines is 2. The summed E-state index contributed by atoms with van der Waals surface area (Å²) in [7, 11) is 0. The number of aliphatic hydroxyl groups excluding tert-OH is 1. The van der Waals surface area contributed by atoms with Crippen molar-refractivity contribution in [2.45, 2.75) is 44.4 Å². The van der Waals surface area contributed by atoms with Crippen molar-refractivity contribution in [2.75, 3.05) is 30.5 Å². The van der Waals surface area contributed by atoms with Gasteiger partial charge in [0.25, 0.3) is 6.43 Å². The zero-order chi connectivity index (χ0) is 30.9. The third-order valence-corrected chi connectivity index (χ3v) is 7.23. The predicted octanol–water partition coefficient (Wildman–Crippen LogP) is 2.62. The minimum Gasteiger partial charge on any atom is -0.454 e. The number of fused-ring (bicyclic) bond motifs is 1. The molecule has 16 heteroatoms. The summed E-state index contributed by atoms with van der Waals surface area (Å²) in [6.07, 6.45) is -0.331. The molecular weight excluding hydrogens is 576 g/mol. The van der Waals surface area contributed by atoms with Crippen LogP contribution in [0.2, 0.25) is 0 Å². The largest absolute Gasteiger partial charge is 0.454 e. The van der Waals surface area contributed by atoms with Gasteiger partial charge in [-0.2, -0.15) is 0 Å². The van der Waals surface area contributed by atoms with Crippen LogP contribution in [-0.4, -0.2) is 73.5 Å². The van der Waals surface area contributed by atoms with E-state index in [0.717, 1.165) is 19.1 Å². The molecule has 0 unspecified atom stereocenters. The first-order valence-electron chi connectivity index (χ1n) is 13.1. The molecular formula is C27H28F4N8O4. The van der Waals surface area contributed by atoms with Gasteiger partial charge in [-0.05, 0) is 30.5 Å². The molecule has 0 aliphatic carbocycles. The molecule has 0 radical (unpaired) electrons. The number of aromatic nitrogens is 5. The first-order valence-corrected chi connectivity index (χ1v) is 13.1. The second kappa shape index (κ2) is 12.0. The van der Waals surface area contributed by atoms with Crippen molar-refractivity contribution in [3.05, 3.63) is 54.2 Å². The molecule has 0 bridgehead atoms. The molecule has 4 heterocycles. The fourth-order valence-corrected chi connectivity index (χ4v) is 5.07. The van der Waals surface area contributed by atoms with Crippen LogP contribution in [-0.2, 0) is 16.1 Å². The van der Waals surface area contributed by atoms with E-state index in [9.17, 15) is 23.1 Å². The molecule has 4 aromatic rings. The number of nitrogens with zero attached hydrogens (tertiary/aromatic N) is 6. The zero-order valence-corrected chi connectivity index (χ0v) is 22.9. The average molecular weight is 605 g/mol. The van der Waals surface area contributed by atoms with Crippen molar-refractivity contribution in [2.24, 2.45) is 5.73 Å². The van der Waals surface area contributed by atoms with Gasteiger partial charge in [0, 0.05) is 31.6 Å². The van der Waals surface area contributed by atoms with Crippen molar-refractivity contribution in [3.8, 4) is 17.0 Å². The normalized spacial score (nSPS) is 17.8. The van der Waals surface area contributed by atoms with E-state index in [2.05, 4.69) is 24.7 Å². The van der Waals surface area contributed by atoms with Crippen LogP contribution >= 0.6 is 0 Å².